The monoisotopic (exact) mass is 426 g/mol. The van der Waals surface area contributed by atoms with Crippen LogP contribution >= 0.6 is 0 Å². The molecule has 0 amide bonds. The number of hydrogen-bond donors (Lipinski definition) is 2. The molecule has 1 heterocycles. The molecule has 4 rings (SSSR count). The second kappa shape index (κ2) is 10.1. The van der Waals surface area contributed by atoms with Crippen molar-refractivity contribution in [3.05, 3.63) is 89.0 Å². The number of aryl methyl sites for hydroxylation is 3. The lowest BCUT2D eigenvalue weighted by atomic mass is 9.99. The van der Waals surface area contributed by atoms with Gasteiger partial charge in [-0.25, -0.2) is 0 Å². The van der Waals surface area contributed by atoms with Crippen molar-refractivity contribution < 1.29 is 5.11 Å². The fourth-order valence-corrected chi connectivity index (χ4v) is 4.61. The summed E-state index contributed by atoms with van der Waals surface area (Å²) in [6.45, 7) is 6.48. The molecule has 3 nitrogen and oxygen atoms in total. The molecule has 2 N–H and O–H groups in total. The third kappa shape index (κ3) is 5.41. The smallest absolute Gasteiger partial charge is 0.115 e. The van der Waals surface area contributed by atoms with E-state index in [4.69, 9.17) is 0 Å². The standard InChI is InChI=1S/C29H34N2O/c1-21-18-22(2)20-24(19-21)29-27(26-9-4-5-10-28(26)30-29)15-17-31(3)16-7-6-8-23-11-13-25(32)14-12-23/h4-5,9-14,18-20,30,32H,6-8,15-17H2,1-3H3. The molecule has 0 unspecified atom stereocenters. The van der Waals surface area contributed by atoms with Gasteiger partial charge in [0.1, 0.15) is 5.75 Å². The SMILES string of the molecule is Cc1cc(C)cc(-c2[nH]c3ccccc3c2CCN(C)CCCCc2ccc(O)cc2)c1. The molecule has 0 bridgehead atoms. The minimum absolute atomic E-state index is 0.339. The van der Waals surface area contributed by atoms with Crippen LogP contribution in [0.1, 0.15) is 35.1 Å². The Kier molecular flexibility index (Phi) is 6.96. The molecule has 0 aliphatic carbocycles. The predicted molar refractivity (Wildman–Crippen MR) is 135 cm³/mol. The number of unbranched alkanes of at least 4 members (excludes halogenated alkanes) is 1. The van der Waals surface area contributed by atoms with Gasteiger partial charge in [0.25, 0.3) is 0 Å². The third-order valence-electron chi connectivity index (χ3n) is 6.26. The zero-order chi connectivity index (χ0) is 22.5. The maximum atomic E-state index is 9.41. The van der Waals surface area contributed by atoms with Crippen LogP contribution in [0.15, 0.2) is 66.7 Å². The van der Waals surface area contributed by atoms with E-state index in [0.29, 0.717) is 5.75 Å². The first-order chi connectivity index (χ1) is 15.5. The third-order valence-corrected chi connectivity index (χ3v) is 6.26. The minimum Gasteiger partial charge on any atom is -0.508 e. The van der Waals surface area contributed by atoms with Crippen molar-refractivity contribution in [2.24, 2.45) is 0 Å². The number of H-pyrrole nitrogens is 1. The summed E-state index contributed by atoms with van der Waals surface area (Å²) in [5, 5.41) is 10.8. The van der Waals surface area contributed by atoms with Gasteiger partial charge >= 0.3 is 0 Å². The number of hydrogen-bond acceptors (Lipinski definition) is 2. The zero-order valence-corrected chi connectivity index (χ0v) is 19.5. The Morgan fingerprint density at radius 3 is 2.28 bits per heavy atom. The first-order valence-corrected chi connectivity index (χ1v) is 11.6. The van der Waals surface area contributed by atoms with Crippen molar-refractivity contribution in [3.63, 3.8) is 0 Å². The summed E-state index contributed by atoms with van der Waals surface area (Å²) < 4.78 is 0. The van der Waals surface area contributed by atoms with Gasteiger partial charge in [-0.1, -0.05) is 47.5 Å². The summed E-state index contributed by atoms with van der Waals surface area (Å²) in [5.41, 5.74) is 9.08. The van der Waals surface area contributed by atoms with Gasteiger partial charge in [0.2, 0.25) is 0 Å². The van der Waals surface area contributed by atoms with Crippen LogP contribution in [0.2, 0.25) is 0 Å². The number of aromatic hydroxyl groups is 1. The molecule has 1 aromatic heterocycles. The van der Waals surface area contributed by atoms with Crippen molar-refractivity contribution in [3.8, 4) is 17.0 Å². The lowest BCUT2D eigenvalue weighted by Crippen LogP contribution is -2.22. The van der Waals surface area contributed by atoms with E-state index in [1.54, 1.807) is 12.1 Å². The Balaban J connectivity index is 1.40. The Labute approximate surface area is 191 Å². The number of aromatic amines is 1. The summed E-state index contributed by atoms with van der Waals surface area (Å²) in [6.07, 6.45) is 4.43. The number of phenols is 1. The molecule has 0 saturated heterocycles. The van der Waals surface area contributed by atoms with Crippen LogP contribution < -0.4 is 0 Å². The summed E-state index contributed by atoms with van der Waals surface area (Å²) in [5.74, 6) is 0.339. The zero-order valence-electron chi connectivity index (χ0n) is 19.5. The quantitative estimate of drug-likeness (QED) is 0.294. The van der Waals surface area contributed by atoms with Crippen LogP contribution in [0.5, 0.6) is 5.75 Å². The highest BCUT2D eigenvalue weighted by Gasteiger charge is 2.14. The second-order valence-corrected chi connectivity index (χ2v) is 9.08. The van der Waals surface area contributed by atoms with Crippen molar-refractivity contribution in [2.45, 2.75) is 39.5 Å². The molecule has 166 valence electrons. The van der Waals surface area contributed by atoms with Gasteiger partial charge in [-0.05, 0) is 100 Å². The van der Waals surface area contributed by atoms with E-state index < -0.39 is 0 Å². The Morgan fingerprint density at radius 2 is 1.53 bits per heavy atom. The highest BCUT2D eigenvalue weighted by Crippen LogP contribution is 2.32. The molecule has 0 fully saturated rings. The topological polar surface area (TPSA) is 39.3 Å². The number of rotatable bonds is 9. The molecular weight excluding hydrogens is 392 g/mol. The molecule has 0 aliphatic heterocycles. The number of nitrogens with zero attached hydrogens (tertiary/aromatic N) is 1. The number of phenolic OH excluding ortho intramolecular Hbond substituents is 1. The van der Waals surface area contributed by atoms with E-state index in [2.05, 4.69) is 73.2 Å². The van der Waals surface area contributed by atoms with Gasteiger partial charge in [-0.15, -0.1) is 0 Å². The van der Waals surface area contributed by atoms with Gasteiger partial charge in [-0.3, -0.25) is 0 Å². The molecule has 4 aromatic rings. The summed E-state index contributed by atoms with van der Waals surface area (Å²) in [7, 11) is 2.23. The Hall–Kier alpha value is -3.04. The first kappa shape index (κ1) is 22.2. The highest BCUT2D eigenvalue weighted by atomic mass is 16.3. The lowest BCUT2D eigenvalue weighted by molar-refractivity contribution is 0.330. The summed E-state index contributed by atoms with van der Waals surface area (Å²) in [6, 6.07) is 23.1. The van der Waals surface area contributed by atoms with E-state index >= 15 is 0 Å². The minimum atomic E-state index is 0.339. The van der Waals surface area contributed by atoms with Crippen LogP contribution in [0.3, 0.4) is 0 Å². The molecule has 0 saturated carbocycles. The predicted octanol–water partition coefficient (Wildman–Crippen LogP) is 6.65. The molecule has 3 aromatic carbocycles. The maximum Gasteiger partial charge on any atom is 0.115 e. The number of fused-ring (bicyclic) bond motifs is 1. The molecule has 0 atom stereocenters. The fraction of sp³-hybridized carbons (Fsp3) is 0.310. The average Bonchev–Trinajstić information content (AvgIpc) is 3.14. The average molecular weight is 427 g/mol. The molecule has 32 heavy (non-hydrogen) atoms. The van der Waals surface area contributed by atoms with Crippen LogP contribution in [0, 0.1) is 13.8 Å². The molecule has 0 spiro atoms. The Morgan fingerprint density at radius 1 is 0.812 bits per heavy atom. The normalized spacial score (nSPS) is 11.5. The van der Waals surface area contributed by atoms with E-state index in [1.807, 2.05) is 12.1 Å². The van der Waals surface area contributed by atoms with Crippen LogP contribution in [-0.2, 0) is 12.8 Å². The van der Waals surface area contributed by atoms with E-state index in [-0.39, 0.29) is 0 Å². The fourth-order valence-electron chi connectivity index (χ4n) is 4.61. The molecular formula is C29H34N2O. The van der Waals surface area contributed by atoms with Crippen LogP contribution in [0.4, 0.5) is 0 Å². The largest absolute Gasteiger partial charge is 0.508 e. The van der Waals surface area contributed by atoms with Gasteiger partial charge < -0.3 is 15.0 Å². The molecule has 3 heteroatoms. The van der Waals surface area contributed by atoms with E-state index in [0.717, 1.165) is 32.4 Å². The maximum absolute atomic E-state index is 9.41. The van der Waals surface area contributed by atoms with E-state index in [1.165, 1.54) is 50.8 Å². The van der Waals surface area contributed by atoms with Crippen molar-refractivity contribution in [1.29, 1.82) is 0 Å². The van der Waals surface area contributed by atoms with Gasteiger partial charge in [-0.2, -0.15) is 0 Å². The van der Waals surface area contributed by atoms with Crippen molar-refractivity contribution >= 4 is 10.9 Å². The number of benzene rings is 3. The van der Waals surface area contributed by atoms with Gasteiger partial charge in [0.05, 0.1) is 0 Å². The number of likely N-dealkylation sites (N-methyl/N-ethyl adjacent to an activating group) is 1. The lowest BCUT2D eigenvalue weighted by Gasteiger charge is -2.17. The van der Waals surface area contributed by atoms with Crippen molar-refractivity contribution in [1.82, 2.24) is 9.88 Å². The van der Waals surface area contributed by atoms with Gasteiger partial charge in [0.15, 0.2) is 0 Å². The number of aromatic nitrogens is 1. The number of para-hydroxylation sites is 1. The summed E-state index contributed by atoms with van der Waals surface area (Å²) in [4.78, 5) is 6.15. The molecule has 0 radical (unpaired) electrons. The van der Waals surface area contributed by atoms with Gasteiger partial charge in [0, 0.05) is 23.1 Å². The van der Waals surface area contributed by atoms with E-state index in [9.17, 15) is 5.11 Å². The van der Waals surface area contributed by atoms with Crippen LogP contribution in [0.25, 0.3) is 22.2 Å². The highest BCUT2D eigenvalue weighted by molar-refractivity contribution is 5.91. The first-order valence-electron chi connectivity index (χ1n) is 11.6. The summed E-state index contributed by atoms with van der Waals surface area (Å²) >= 11 is 0. The van der Waals surface area contributed by atoms with Crippen molar-refractivity contribution in [2.75, 3.05) is 20.1 Å². The Bertz CT molecular complexity index is 1150. The molecule has 0 aliphatic rings. The van der Waals surface area contributed by atoms with Crippen LogP contribution in [-0.4, -0.2) is 35.1 Å². The second-order valence-electron chi connectivity index (χ2n) is 9.08. The number of nitrogens with one attached hydrogen (secondary N) is 1.